The Labute approximate surface area is 80.6 Å². The second-order valence-electron chi connectivity index (χ2n) is 2.47. The molecule has 1 aromatic rings. The molecule has 1 rings (SSSR count). The molecule has 0 aliphatic rings. The van der Waals surface area contributed by atoms with Crippen molar-refractivity contribution in [2.45, 2.75) is 10.3 Å². The number of benzene rings is 1. The highest BCUT2D eigenvalue weighted by Crippen LogP contribution is 2.08. The van der Waals surface area contributed by atoms with Crippen LogP contribution < -0.4 is 0 Å². The van der Waals surface area contributed by atoms with Crippen LogP contribution in [0.4, 0.5) is 0 Å². The molecule has 0 amide bonds. The van der Waals surface area contributed by atoms with Crippen molar-refractivity contribution in [2.24, 2.45) is 0 Å². The Balaban J connectivity index is 2.51. The van der Waals surface area contributed by atoms with Crippen LogP contribution >= 0.6 is 22.6 Å². The summed E-state index contributed by atoms with van der Waals surface area (Å²) in [6, 6.07) is 10.2. The number of aliphatic hydroxyl groups is 1. The summed E-state index contributed by atoms with van der Waals surface area (Å²) in [7, 11) is 0. The van der Waals surface area contributed by atoms with Crippen molar-refractivity contribution in [2.75, 3.05) is 6.61 Å². The molecule has 0 heterocycles. The molecule has 0 bridgehead atoms. The summed E-state index contributed by atoms with van der Waals surface area (Å²) in [6.07, 6.45) is 0.956. The van der Waals surface area contributed by atoms with Crippen molar-refractivity contribution >= 4 is 22.6 Å². The van der Waals surface area contributed by atoms with Crippen molar-refractivity contribution in [1.82, 2.24) is 0 Å². The van der Waals surface area contributed by atoms with Crippen molar-refractivity contribution in [1.29, 1.82) is 0 Å². The molecule has 2 heteroatoms. The molecule has 0 aromatic heterocycles. The number of rotatable bonds is 3. The van der Waals surface area contributed by atoms with Crippen molar-refractivity contribution in [3.05, 3.63) is 35.9 Å². The van der Waals surface area contributed by atoms with Crippen LogP contribution in [0, 0.1) is 0 Å². The Morgan fingerprint density at radius 1 is 1.27 bits per heavy atom. The molecule has 0 unspecified atom stereocenters. The first-order chi connectivity index (χ1) is 5.33. The van der Waals surface area contributed by atoms with Crippen LogP contribution in [0.2, 0.25) is 0 Å². The summed E-state index contributed by atoms with van der Waals surface area (Å²) in [4.78, 5) is 0. The first kappa shape index (κ1) is 9.00. The Hall–Kier alpha value is -0.0900. The molecule has 0 fully saturated rings. The zero-order chi connectivity index (χ0) is 8.10. The molecule has 0 saturated carbocycles. The van der Waals surface area contributed by atoms with Crippen LogP contribution in [0.3, 0.4) is 0 Å². The van der Waals surface area contributed by atoms with E-state index >= 15 is 0 Å². The third-order valence-corrected chi connectivity index (χ3v) is 2.33. The summed E-state index contributed by atoms with van der Waals surface area (Å²) in [5, 5.41) is 8.79. The van der Waals surface area contributed by atoms with Gasteiger partial charge in [0.05, 0.1) is 6.61 Å². The minimum atomic E-state index is 0.259. The van der Waals surface area contributed by atoms with E-state index in [4.69, 9.17) is 5.11 Å². The van der Waals surface area contributed by atoms with Crippen LogP contribution in [-0.4, -0.2) is 15.6 Å². The second kappa shape index (κ2) is 4.72. The summed E-state index contributed by atoms with van der Waals surface area (Å²) in [6.45, 7) is 0.259. The first-order valence-corrected chi connectivity index (χ1v) is 4.86. The molecule has 0 spiro atoms. The standard InChI is InChI=1S/C9H11IO/c10-9(7-11)6-8-4-2-1-3-5-8/h1-5,9,11H,6-7H2/t9-/m0/s1. The second-order valence-corrected chi connectivity index (χ2v) is 4.23. The van der Waals surface area contributed by atoms with Gasteiger partial charge in [0.2, 0.25) is 0 Å². The molecule has 1 nitrogen and oxygen atoms in total. The normalized spacial score (nSPS) is 12.9. The molecule has 0 radical (unpaired) electrons. The van der Waals surface area contributed by atoms with Crippen molar-refractivity contribution in [3.63, 3.8) is 0 Å². The predicted molar refractivity (Wildman–Crippen MR) is 55.0 cm³/mol. The molecule has 0 aliphatic heterocycles. The van der Waals surface area contributed by atoms with E-state index in [1.807, 2.05) is 18.2 Å². The van der Waals surface area contributed by atoms with Crippen LogP contribution in [0.25, 0.3) is 0 Å². The third kappa shape index (κ3) is 3.20. The minimum absolute atomic E-state index is 0.259. The maximum absolute atomic E-state index is 8.79. The molecule has 11 heavy (non-hydrogen) atoms. The summed E-state index contributed by atoms with van der Waals surface area (Å²) in [5.74, 6) is 0. The third-order valence-electron chi connectivity index (χ3n) is 1.50. The van der Waals surface area contributed by atoms with Gasteiger partial charge in [0.1, 0.15) is 0 Å². The van der Waals surface area contributed by atoms with E-state index in [1.165, 1.54) is 5.56 Å². The summed E-state index contributed by atoms with van der Waals surface area (Å²) in [5.41, 5.74) is 1.29. The van der Waals surface area contributed by atoms with Gasteiger partial charge in [-0.05, 0) is 12.0 Å². The van der Waals surface area contributed by atoms with E-state index in [-0.39, 0.29) is 6.61 Å². The minimum Gasteiger partial charge on any atom is -0.395 e. The van der Waals surface area contributed by atoms with E-state index in [0.717, 1.165) is 6.42 Å². The van der Waals surface area contributed by atoms with Crippen LogP contribution in [-0.2, 0) is 6.42 Å². The van der Waals surface area contributed by atoms with Gasteiger partial charge in [0.25, 0.3) is 0 Å². The van der Waals surface area contributed by atoms with Crippen LogP contribution in [0.1, 0.15) is 5.56 Å². The van der Waals surface area contributed by atoms with Gasteiger partial charge in [-0.3, -0.25) is 0 Å². The van der Waals surface area contributed by atoms with Crippen LogP contribution in [0.5, 0.6) is 0 Å². The zero-order valence-electron chi connectivity index (χ0n) is 6.20. The number of hydrogen-bond donors (Lipinski definition) is 1. The Bertz CT molecular complexity index is 198. The number of alkyl halides is 1. The van der Waals surface area contributed by atoms with Crippen molar-refractivity contribution < 1.29 is 5.11 Å². The SMILES string of the molecule is OC[C@@H](I)Cc1ccccc1. The molecular weight excluding hydrogens is 251 g/mol. The largest absolute Gasteiger partial charge is 0.395 e. The quantitative estimate of drug-likeness (QED) is 0.652. The van der Waals surface area contributed by atoms with E-state index in [0.29, 0.717) is 3.92 Å². The Kier molecular flexibility index (Phi) is 3.86. The zero-order valence-corrected chi connectivity index (χ0v) is 8.36. The molecule has 0 aliphatic carbocycles. The smallest absolute Gasteiger partial charge is 0.0552 e. The maximum atomic E-state index is 8.79. The maximum Gasteiger partial charge on any atom is 0.0552 e. The van der Waals surface area contributed by atoms with Crippen LogP contribution in [0.15, 0.2) is 30.3 Å². The van der Waals surface area contributed by atoms with Crippen molar-refractivity contribution in [3.8, 4) is 0 Å². The fourth-order valence-electron chi connectivity index (χ4n) is 0.934. The average molecular weight is 262 g/mol. The monoisotopic (exact) mass is 262 g/mol. The molecular formula is C9H11IO. The fraction of sp³-hybridized carbons (Fsp3) is 0.333. The van der Waals surface area contributed by atoms with Gasteiger partial charge in [-0.1, -0.05) is 52.9 Å². The average Bonchev–Trinajstić information content (AvgIpc) is 2.06. The lowest BCUT2D eigenvalue weighted by atomic mass is 10.1. The highest BCUT2D eigenvalue weighted by Gasteiger charge is 2.01. The summed E-state index contributed by atoms with van der Waals surface area (Å²) >= 11 is 2.26. The van der Waals surface area contributed by atoms with E-state index in [2.05, 4.69) is 34.7 Å². The topological polar surface area (TPSA) is 20.2 Å². The van der Waals surface area contributed by atoms with E-state index in [9.17, 15) is 0 Å². The highest BCUT2D eigenvalue weighted by molar-refractivity contribution is 14.1. The highest BCUT2D eigenvalue weighted by atomic mass is 127. The Morgan fingerprint density at radius 2 is 1.91 bits per heavy atom. The van der Waals surface area contributed by atoms with Gasteiger partial charge in [0, 0.05) is 3.92 Å². The molecule has 1 atom stereocenters. The van der Waals surface area contributed by atoms with E-state index in [1.54, 1.807) is 0 Å². The number of halogens is 1. The lowest BCUT2D eigenvalue weighted by molar-refractivity contribution is 0.299. The lowest BCUT2D eigenvalue weighted by Crippen LogP contribution is -2.06. The van der Waals surface area contributed by atoms with Gasteiger partial charge in [0.15, 0.2) is 0 Å². The van der Waals surface area contributed by atoms with Gasteiger partial charge in [-0.2, -0.15) is 0 Å². The fourth-order valence-corrected chi connectivity index (χ4v) is 1.44. The van der Waals surface area contributed by atoms with Gasteiger partial charge in [-0.15, -0.1) is 0 Å². The first-order valence-electron chi connectivity index (χ1n) is 3.62. The number of aliphatic hydroxyl groups excluding tert-OH is 1. The molecule has 0 saturated heterocycles. The lowest BCUT2D eigenvalue weighted by Gasteiger charge is -2.04. The van der Waals surface area contributed by atoms with Gasteiger partial charge in [-0.25, -0.2) is 0 Å². The van der Waals surface area contributed by atoms with Gasteiger partial charge < -0.3 is 5.11 Å². The molecule has 60 valence electrons. The predicted octanol–water partition coefficient (Wildman–Crippen LogP) is 2.03. The molecule has 1 aromatic carbocycles. The van der Waals surface area contributed by atoms with E-state index < -0.39 is 0 Å². The summed E-state index contributed by atoms with van der Waals surface area (Å²) < 4.78 is 0.343. The molecule has 1 N–H and O–H groups in total. The Morgan fingerprint density at radius 3 is 2.45 bits per heavy atom. The number of hydrogen-bond acceptors (Lipinski definition) is 1. The van der Waals surface area contributed by atoms with Gasteiger partial charge >= 0.3 is 0 Å².